The SMILES string of the molecule is CCC1(C)NC(=O)N(CC(NC(C)=O)C(=O)O)C1=O. The van der Waals surface area contributed by atoms with E-state index in [-0.39, 0.29) is 0 Å². The highest BCUT2D eigenvalue weighted by molar-refractivity contribution is 6.07. The van der Waals surface area contributed by atoms with Crippen LogP contribution in [0.5, 0.6) is 0 Å². The summed E-state index contributed by atoms with van der Waals surface area (Å²) in [5.74, 6) is -2.34. The van der Waals surface area contributed by atoms with Crippen molar-refractivity contribution in [3.63, 3.8) is 0 Å². The van der Waals surface area contributed by atoms with Gasteiger partial charge in [0.05, 0.1) is 6.54 Å². The van der Waals surface area contributed by atoms with Gasteiger partial charge in [0.2, 0.25) is 5.91 Å². The zero-order chi connectivity index (χ0) is 14.8. The zero-order valence-corrected chi connectivity index (χ0v) is 11.0. The largest absolute Gasteiger partial charge is 0.480 e. The average Bonchev–Trinajstić information content (AvgIpc) is 2.51. The first-order valence-electron chi connectivity index (χ1n) is 5.85. The molecule has 0 bridgehead atoms. The highest BCUT2D eigenvalue weighted by atomic mass is 16.4. The Balaban J connectivity index is 2.85. The van der Waals surface area contributed by atoms with Crippen molar-refractivity contribution in [3.05, 3.63) is 0 Å². The van der Waals surface area contributed by atoms with Gasteiger partial charge in [0.1, 0.15) is 11.6 Å². The monoisotopic (exact) mass is 271 g/mol. The lowest BCUT2D eigenvalue weighted by molar-refractivity contribution is -0.142. The maximum Gasteiger partial charge on any atom is 0.328 e. The fourth-order valence-corrected chi connectivity index (χ4v) is 1.77. The number of aliphatic carboxylic acids is 1. The number of imide groups is 1. The lowest BCUT2D eigenvalue weighted by Crippen LogP contribution is -2.50. The molecule has 0 aromatic carbocycles. The molecule has 19 heavy (non-hydrogen) atoms. The molecule has 2 unspecified atom stereocenters. The van der Waals surface area contributed by atoms with E-state index in [1.54, 1.807) is 13.8 Å². The summed E-state index contributed by atoms with van der Waals surface area (Å²) < 4.78 is 0. The molecule has 0 radical (unpaired) electrons. The summed E-state index contributed by atoms with van der Waals surface area (Å²) in [6.45, 7) is 4.08. The maximum absolute atomic E-state index is 12.0. The van der Waals surface area contributed by atoms with Crippen molar-refractivity contribution in [2.24, 2.45) is 0 Å². The lowest BCUT2D eigenvalue weighted by atomic mass is 9.99. The Kier molecular flexibility index (Phi) is 4.13. The van der Waals surface area contributed by atoms with Crippen LogP contribution >= 0.6 is 0 Å². The molecule has 1 saturated heterocycles. The van der Waals surface area contributed by atoms with Crippen LogP contribution in [0, 0.1) is 0 Å². The number of carbonyl (C=O) groups excluding carboxylic acids is 3. The number of hydrogen-bond acceptors (Lipinski definition) is 4. The molecule has 0 saturated carbocycles. The predicted octanol–water partition coefficient (Wildman–Crippen LogP) is -0.704. The van der Waals surface area contributed by atoms with Crippen LogP contribution in [0.3, 0.4) is 0 Å². The fraction of sp³-hybridized carbons (Fsp3) is 0.636. The van der Waals surface area contributed by atoms with Crippen molar-refractivity contribution in [1.82, 2.24) is 15.5 Å². The standard InChI is InChI=1S/C11H17N3O5/c1-4-11(3)9(18)14(10(19)13-11)5-7(8(16)17)12-6(2)15/h7H,4-5H2,1-3H3,(H,12,15)(H,13,19)(H,16,17). The number of nitrogens with zero attached hydrogens (tertiary/aromatic N) is 1. The number of amides is 4. The predicted molar refractivity (Wildman–Crippen MR) is 64.2 cm³/mol. The minimum atomic E-state index is -1.31. The Morgan fingerprint density at radius 3 is 2.42 bits per heavy atom. The van der Waals surface area contributed by atoms with Crippen LogP contribution < -0.4 is 10.6 Å². The summed E-state index contributed by atoms with van der Waals surface area (Å²) in [7, 11) is 0. The molecule has 8 nitrogen and oxygen atoms in total. The minimum Gasteiger partial charge on any atom is -0.480 e. The van der Waals surface area contributed by atoms with E-state index in [0.717, 1.165) is 11.8 Å². The van der Waals surface area contributed by atoms with Gasteiger partial charge in [-0.25, -0.2) is 9.59 Å². The second kappa shape index (κ2) is 5.25. The summed E-state index contributed by atoms with van der Waals surface area (Å²) in [5, 5.41) is 13.6. The molecule has 1 rings (SSSR count). The molecule has 0 aromatic heterocycles. The van der Waals surface area contributed by atoms with Gasteiger partial charge in [0.25, 0.3) is 5.91 Å². The Labute approximate surface area is 110 Å². The average molecular weight is 271 g/mol. The summed E-state index contributed by atoms with van der Waals surface area (Å²) in [6.07, 6.45) is 0.395. The van der Waals surface area contributed by atoms with Gasteiger partial charge in [0.15, 0.2) is 0 Å². The Morgan fingerprint density at radius 1 is 1.47 bits per heavy atom. The van der Waals surface area contributed by atoms with E-state index < -0.39 is 41.9 Å². The summed E-state index contributed by atoms with van der Waals surface area (Å²) in [6, 6.07) is -1.96. The maximum atomic E-state index is 12.0. The summed E-state index contributed by atoms with van der Waals surface area (Å²) in [5.41, 5.74) is -1.02. The van der Waals surface area contributed by atoms with Gasteiger partial charge in [0, 0.05) is 6.92 Å². The topological polar surface area (TPSA) is 116 Å². The van der Waals surface area contributed by atoms with Crippen molar-refractivity contribution < 1.29 is 24.3 Å². The van der Waals surface area contributed by atoms with E-state index in [1.807, 2.05) is 0 Å². The van der Waals surface area contributed by atoms with Crippen molar-refractivity contribution >= 4 is 23.8 Å². The molecule has 1 aliphatic rings. The highest BCUT2D eigenvalue weighted by Crippen LogP contribution is 2.20. The fourth-order valence-electron chi connectivity index (χ4n) is 1.77. The van der Waals surface area contributed by atoms with Crippen LogP contribution in [0.15, 0.2) is 0 Å². The summed E-state index contributed by atoms with van der Waals surface area (Å²) in [4.78, 5) is 46.4. The second-order valence-corrected chi connectivity index (χ2v) is 4.62. The van der Waals surface area contributed by atoms with Gasteiger partial charge in [-0.3, -0.25) is 14.5 Å². The van der Waals surface area contributed by atoms with E-state index in [9.17, 15) is 19.2 Å². The van der Waals surface area contributed by atoms with Gasteiger partial charge in [-0.05, 0) is 13.3 Å². The molecular formula is C11H17N3O5. The normalized spacial score (nSPS) is 24.1. The number of nitrogens with one attached hydrogen (secondary N) is 2. The zero-order valence-electron chi connectivity index (χ0n) is 11.0. The van der Waals surface area contributed by atoms with Crippen molar-refractivity contribution in [2.75, 3.05) is 6.54 Å². The third-order valence-corrected chi connectivity index (χ3v) is 3.09. The van der Waals surface area contributed by atoms with Crippen LogP contribution in [0.4, 0.5) is 4.79 Å². The van der Waals surface area contributed by atoms with E-state index in [0.29, 0.717) is 6.42 Å². The number of carboxylic acids is 1. The number of hydrogen-bond donors (Lipinski definition) is 3. The molecule has 0 aliphatic carbocycles. The molecular weight excluding hydrogens is 254 g/mol. The van der Waals surface area contributed by atoms with Crippen LogP contribution in [-0.4, -0.2) is 51.9 Å². The van der Waals surface area contributed by atoms with E-state index in [2.05, 4.69) is 10.6 Å². The molecule has 1 aliphatic heterocycles. The van der Waals surface area contributed by atoms with E-state index >= 15 is 0 Å². The van der Waals surface area contributed by atoms with Crippen molar-refractivity contribution in [1.29, 1.82) is 0 Å². The number of rotatable bonds is 5. The van der Waals surface area contributed by atoms with Gasteiger partial charge in [-0.2, -0.15) is 0 Å². The molecule has 2 atom stereocenters. The quantitative estimate of drug-likeness (QED) is 0.572. The third-order valence-electron chi connectivity index (χ3n) is 3.09. The first kappa shape index (κ1) is 14.9. The van der Waals surface area contributed by atoms with Crippen LogP contribution in [0.25, 0.3) is 0 Å². The molecule has 1 fully saturated rings. The Morgan fingerprint density at radius 2 is 2.05 bits per heavy atom. The van der Waals surface area contributed by atoms with Crippen molar-refractivity contribution in [2.45, 2.75) is 38.8 Å². The molecule has 1 heterocycles. The van der Waals surface area contributed by atoms with Crippen molar-refractivity contribution in [3.8, 4) is 0 Å². The molecule has 3 N–H and O–H groups in total. The molecule has 0 aromatic rings. The molecule has 106 valence electrons. The number of carboxylic acid groups (broad SMARTS) is 1. The number of carbonyl (C=O) groups is 4. The van der Waals surface area contributed by atoms with E-state index in [4.69, 9.17) is 5.11 Å². The Bertz CT molecular complexity index is 436. The minimum absolute atomic E-state index is 0.394. The van der Waals surface area contributed by atoms with E-state index in [1.165, 1.54) is 0 Å². The third kappa shape index (κ3) is 3.01. The Hall–Kier alpha value is -2.12. The van der Waals surface area contributed by atoms with Crippen LogP contribution in [-0.2, 0) is 14.4 Å². The highest BCUT2D eigenvalue weighted by Gasteiger charge is 2.47. The smallest absolute Gasteiger partial charge is 0.328 e. The first-order chi connectivity index (χ1) is 8.71. The summed E-state index contributed by atoms with van der Waals surface area (Å²) >= 11 is 0. The lowest BCUT2D eigenvalue weighted by Gasteiger charge is -2.21. The van der Waals surface area contributed by atoms with Crippen LogP contribution in [0.1, 0.15) is 27.2 Å². The first-order valence-corrected chi connectivity index (χ1v) is 5.85. The van der Waals surface area contributed by atoms with Gasteiger partial charge < -0.3 is 15.7 Å². The molecule has 4 amide bonds. The second-order valence-electron chi connectivity index (χ2n) is 4.62. The van der Waals surface area contributed by atoms with Gasteiger partial charge in [-0.15, -0.1) is 0 Å². The number of urea groups is 1. The molecule has 8 heteroatoms. The molecule has 0 spiro atoms. The van der Waals surface area contributed by atoms with Gasteiger partial charge >= 0.3 is 12.0 Å². The van der Waals surface area contributed by atoms with Crippen LogP contribution in [0.2, 0.25) is 0 Å². The van der Waals surface area contributed by atoms with Gasteiger partial charge in [-0.1, -0.05) is 6.92 Å².